The third-order valence-corrected chi connectivity index (χ3v) is 4.62. The van der Waals surface area contributed by atoms with Crippen LogP contribution in [-0.4, -0.2) is 16.1 Å². The quantitative estimate of drug-likeness (QED) is 0.339. The second-order valence-corrected chi connectivity index (χ2v) is 4.96. The van der Waals surface area contributed by atoms with Crippen molar-refractivity contribution >= 4 is 10.5 Å². The third-order valence-electron chi connectivity index (χ3n) is 3.75. The molecule has 19 heavy (non-hydrogen) atoms. The van der Waals surface area contributed by atoms with E-state index >= 15 is 0 Å². The second-order valence-electron chi connectivity index (χ2n) is 4.55. The van der Waals surface area contributed by atoms with E-state index in [0.717, 1.165) is 18.9 Å². The Balaban J connectivity index is 2.95. The molecule has 0 unspecified atom stereocenters. The van der Waals surface area contributed by atoms with Crippen LogP contribution in [0.3, 0.4) is 0 Å². The van der Waals surface area contributed by atoms with Gasteiger partial charge in [0.15, 0.2) is 23.3 Å². The van der Waals surface area contributed by atoms with Crippen molar-refractivity contribution in [1.29, 1.82) is 0 Å². The minimum absolute atomic E-state index is 0.115. The molecule has 108 valence electrons. The minimum Gasteiger partial charge on any atom is -0.422 e. The van der Waals surface area contributed by atoms with E-state index in [1.165, 1.54) is 0 Å². The first-order chi connectivity index (χ1) is 8.90. The first-order valence-corrected chi connectivity index (χ1v) is 7.09. The first kappa shape index (κ1) is 16.2. The fraction of sp³-hybridized carbons (Fsp3) is 0.538. The lowest BCUT2D eigenvalue weighted by Gasteiger charge is -2.31. The van der Waals surface area contributed by atoms with Crippen molar-refractivity contribution in [1.82, 2.24) is 0 Å². The van der Waals surface area contributed by atoms with Crippen LogP contribution >= 0.6 is 0 Å². The lowest BCUT2D eigenvalue weighted by Crippen LogP contribution is -2.31. The lowest BCUT2D eigenvalue weighted by molar-refractivity contribution is 0.0613. The van der Waals surface area contributed by atoms with Crippen molar-refractivity contribution in [3.05, 3.63) is 34.9 Å². The normalized spacial score (nSPS) is 12.1. The van der Waals surface area contributed by atoms with E-state index in [4.69, 9.17) is 4.43 Å². The molecule has 1 rings (SSSR count). The van der Waals surface area contributed by atoms with Crippen LogP contribution in [-0.2, 0) is 10.8 Å². The standard InChI is InChI=1S/C13H18F4OSi/c1-3-13(4-2,18-19)6-5-8-7-9(14)11(16)12(17)10(8)15/h7H,3-6H2,1-2,19H3. The van der Waals surface area contributed by atoms with Crippen molar-refractivity contribution in [2.45, 2.75) is 45.1 Å². The van der Waals surface area contributed by atoms with Crippen LogP contribution in [0.4, 0.5) is 17.6 Å². The number of hydrogen-bond donors (Lipinski definition) is 0. The molecule has 0 aromatic heterocycles. The predicted octanol–water partition coefficient (Wildman–Crippen LogP) is 3.03. The Bertz CT molecular complexity index is 438. The van der Waals surface area contributed by atoms with Crippen LogP contribution in [0, 0.1) is 23.3 Å². The van der Waals surface area contributed by atoms with Crippen LogP contribution in [0.25, 0.3) is 0 Å². The zero-order valence-electron chi connectivity index (χ0n) is 11.3. The van der Waals surface area contributed by atoms with Crippen molar-refractivity contribution in [2.75, 3.05) is 0 Å². The molecule has 0 bridgehead atoms. The van der Waals surface area contributed by atoms with Gasteiger partial charge in [0, 0.05) is 0 Å². The summed E-state index contributed by atoms with van der Waals surface area (Å²) in [5, 5.41) is 0. The van der Waals surface area contributed by atoms with Gasteiger partial charge in [-0.1, -0.05) is 13.8 Å². The number of benzene rings is 1. The molecule has 0 spiro atoms. The van der Waals surface area contributed by atoms with Crippen molar-refractivity contribution < 1.29 is 22.0 Å². The SMILES string of the molecule is CCC(CC)(CCc1cc(F)c(F)c(F)c1F)O[SiH3]. The van der Waals surface area contributed by atoms with Gasteiger partial charge in [-0.25, -0.2) is 17.6 Å². The summed E-state index contributed by atoms with van der Waals surface area (Å²) in [5.74, 6) is -6.19. The Morgan fingerprint density at radius 2 is 1.63 bits per heavy atom. The van der Waals surface area contributed by atoms with E-state index in [-0.39, 0.29) is 17.6 Å². The van der Waals surface area contributed by atoms with Crippen LogP contribution < -0.4 is 0 Å². The molecular formula is C13H18F4OSi. The zero-order chi connectivity index (χ0) is 14.6. The Kier molecular flexibility index (Phi) is 5.55. The monoisotopic (exact) mass is 294 g/mol. The number of rotatable bonds is 6. The molecule has 6 heteroatoms. The number of hydrogen-bond acceptors (Lipinski definition) is 1. The number of halogens is 4. The molecule has 0 aliphatic heterocycles. The van der Waals surface area contributed by atoms with Gasteiger partial charge in [-0.2, -0.15) is 0 Å². The molecule has 1 nitrogen and oxygen atoms in total. The topological polar surface area (TPSA) is 9.23 Å². The maximum absolute atomic E-state index is 13.5. The van der Waals surface area contributed by atoms with E-state index < -0.39 is 23.3 Å². The summed E-state index contributed by atoms with van der Waals surface area (Å²) in [6.07, 6.45) is 2.04. The highest BCUT2D eigenvalue weighted by Crippen LogP contribution is 2.27. The van der Waals surface area contributed by atoms with Crippen LogP contribution in [0.1, 0.15) is 38.7 Å². The first-order valence-electron chi connectivity index (χ1n) is 6.27. The maximum Gasteiger partial charge on any atom is 0.197 e. The van der Waals surface area contributed by atoms with Gasteiger partial charge < -0.3 is 4.43 Å². The van der Waals surface area contributed by atoms with E-state index in [0.29, 0.717) is 16.9 Å². The molecule has 0 aliphatic carbocycles. The average Bonchev–Trinajstić information content (AvgIpc) is 2.43. The smallest absolute Gasteiger partial charge is 0.197 e. The number of aryl methyl sites for hydroxylation is 1. The molecule has 0 fully saturated rings. The van der Waals surface area contributed by atoms with Gasteiger partial charge in [0.2, 0.25) is 0 Å². The highest BCUT2D eigenvalue weighted by Gasteiger charge is 2.26. The van der Waals surface area contributed by atoms with Crippen molar-refractivity contribution in [3.8, 4) is 0 Å². The summed E-state index contributed by atoms with van der Waals surface area (Å²) < 4.78 is 58.1. The Morgan fingerprint density at radius 3 is 2.11 bits per heavy atom. The molecule has 0 amide bonds. The minimum atomic E-state index is -1.77. The molecule has 0 atom stereocenters. The molecule has 0 radical (unpaired) electrons. The van der Waals surface area contributed by atoms with Crippen LogP contribution in [0.2, 0.25) is 0 Å². The molecule has 0 heterocycles. The molecular weight excluding hydrogens is 276 g/mol. The van der Waals surface area contributed by atoms with Gasteiger partial charge in [-0.05, 0) is 37.3 Å². The zero-order valence-corrected chi connectivity index (χ0v) is 13.3. The van der Waals surface area contributed by atoms with Gasteiger partial charge >= 0.3 is 0 Å². The van der Waals surface area contributed by atoms with Crippen LogP contribution in [0.5, 0.6) is 0 Å². The van der Waals surface area contributed by atoms with Gasteiger partial charge in [0.05, 0.1) is 5.60 Å². The van der Waals surface area contributed by atoms with Crippen molar-refractivity contribution in [2.24, 2.45) is 0 Å². The summed E-state index contributed by atoms with van der Waals surface area (Å²) in [5.41, 5.74) is -0.540. The Morgan fingerprint density at radius 1 is 1.05 bits per heavy atom. The maximum atomic E-state index is 13.5. The van der Waals surface area contributed by atoms with E-state index in [2.05, 4.69) is 0 Å². The fourth-order valence-electron chi connectivity index (χ4n) is 2.16. The largest absolute Gasteiger partial charge is 0.422 e. The van der Waals surface area contributed by atoms with Gasteiger partial charge in [-0.3, -0.25) is 0 Å². The molecule has 0 aliphatic rings. The summed E-state index contributed by atoms with van der Waals surface area (Å²) in [7, 11) is 0.533. The summed E-state index contributed by atoms with van der Waals surface area (Å²) in [6, 6.07) is 0.719. The van der Waals surface area contributed by atoms with Crippen LogP contribution in [0.15, 0.2) is 6.07 Å². The Hall–Kier alpha value is -0.883. The van der Waals surface area contributed by atoms with Crippen molar-refractivity contribution in [3.63, 3.8) is 0 Å². The molecule has 0 saturated heterocycles. The van der Waals surface area contributed by atoms with E-state index in [1.807, 2.05) is 13.8 Å². The van der Waals surface area contributed by atoms with Gasteiger partial charge in [0.25, 0.3) is 0 Å². The highest BCUT2D eigenvalue weighted by molar-refractivity contribution is 5.98. The van der Waals surface area contributed by atoms with Gasteiger partial charge in [-0.15, -0.1) is 0 Å². The summed E-state index contributed by atoms with van der Waals surface area (Å²) in [6.45, 7) is 3.90. The Labute approximate surface area is 113 Å². The lowest BCUT2D eigenvalue weighted by atomic mass is 9.90. The molecule has 0 N–H and O–H groups in total. The fourth-order valence-corrected chi connectivity index (χ4v) is 2.94. The average molecular weight is 294 g/mol. The third kappa shape index (κ3) is 3.36. The summed E-state index contributed by atoms with van der Waals surface area (Å²) >= 11 is 0. The van der Waals surface area contributed by atoms with E-state index in [9.17, 15) is 17.6 Å². The molecule has 1 aromatic carbocycles. The molecule has 0 saturated carbocycles. The highest BCUT2D eigenvalue weighted by atomic mass is 28.2. The van der Waals surface area contributed by atoms with Gasteiger partial charge in [0.1, 0.15) is 10.5 Å². The van der Waals surface area contributed by atoms with E-state index in [1.54, 1.807) is 0 Å². The predicted molar refractivity (Wildman–Crippen MR) is 68.9 cm³/mol. The molecule has 1 aromatic rings. The summed E-state index contributed by atoms with van der Waals surface area (Å²) in [4.78, 5) is 0. The second kappa shape index (κ2) is 6.52.